The molecule has 0 bridgehead atoms. The Balaban J connectivity index is 3.75. The molecule has 0 N–H and O–H groups in total. The topological polar surface area (TPSA) is 9.23 Å². The molecule has 1 nitrogen and oxygen atoms in total. The third kappa shape index (κ3) is 3.70. The van der Waals surface area contributed by atoms with E-state index in [1.54, 1.807) is 0 Å². The highest BCUT2D eigenvalue weighted by Crippen LogP contribution is 2.04. The monoisotopic (exact) mass is 134 g/mol. The van der Waals surface area contributed by atoms with E-state index in [9.17, 15) is 8.78 Å². The van der Waals surface area contributed by atoms with Crippen molar-refractivity contribution in [2.24, 2.45) is 0 Å². The first kappa shape index (κ1) is 8.14. The van der Waals surface area contributed by atoms with Gasteiger partial charge in [0.2, 0.25) is 0 Å². The van der Waals surface area contributed by atoms with Crippen molar-refractivity contribution < 1.29 is 13.5 Å². The van der Waals surface area contributed by atoms with E-state index in [2.05, 4.69) is 4.74 Å². The molecular formula is C6H8F2O. The third-order valence-corrected chi connectivity index (χ3v) is 0.629. The fraction of sp³-hybridized carbons (Fsp3) is 0.333. The first-order valence-corrected chi connectivity index (χ1v) is 2.42. The van der Waals surface area contributed by atoms with Gasteiger partial charge in [0.05, 0.1) is 0 Å². The molecule has 0 atom stereocenters. The van der Waals surface area contributed by atoms with Gasteiger partial charge in [-0.3, -0.25) is 0 Å². The van der Waals surface area contributed by atoms with Gasteiger partial charge >= 0.3 is 0 Å². The standard InChI is InChI=1S/C6H8F2O/c1-5(3-7)9-6(2)4-8/h3-4H,1-2H3. The van der Waals surface area contributed by atoms with Crippen LogP contribution in [0, 0.1) is 0 Å². The lowest BCUT2D eigenvalue weighted by Crippen LogP contribution is -1.82. The molecule has 0 unspecified atom stereocenters. The maximum Gasteiger partial charge on any atom is 0.129 e. The van der Waals surface area contributed by atoms with Gasteiger partial charge in [0.1, 0.15) is 24.2 Å². The van der Waals surface area contributed by atoms with E-state index in [1.165, 1.54) is 13.8 Å². The van der Waals surface area contributed by atoms with Gasteiger partial charge in [-0.15, -0.1) is 0 Å². The predicted octanol–water partition coefficient (Wildman–Crippen LogP) is 2.66. The number of allylic oxidation sites excluding steroid dienone is 2. The van der Waals surface area contributed by atoms with Gasteiger partial charge in [0.25, 0.3) is 0 Å². The molecule has 0 spiro atoms. The van der Waals surface area contributed by atoms with Crippen LogP contribution in [0.5, 0.6) is 0 Å². The molecule has 0 aromatic rings. The maximum atomic E-state index is 11.4. The van der Waals surface area contributed by atoms with Crippen LogP contribution < -0.4 is 0 Å². The molecule has 3 heteroatoms. The normalized spacial score (nSPS) is 13.8. The van der Waals surface area contributed by atoms with Gasteiger partial charge in [-0.05, 0) is 13.8 Å². The minimum Gasteiger partial charge on any atom is -0.462 e. The van der Waals surface area contributed by atoms with Gasteiger partial charge in [-0.25, -0.2) is 8.78 Å². The number of halogens is 2. The van der Waals surface area contributed by atoms with Crippen molar-refractivity contribution in [3.8, 4) is 0 Å². The summed E-state index contributed by atoms with van der Waals surface area (Å²) in [5.74, 6) is 0.0859. The van der Waals surface area contributed by atoms with Crippen molar-refractivity contribution in [1.29, 1.82) is 0 Å². The van der Waals surface area contributed by atoms with Crippen LogP contribution in [0.3, 0.4) is 0 Å². The molecule has 0 heterocycles. The van der Waals surface area contributed by atoms with E-state index >= 15 is 0 Å². The SMILES string of the molecule is CC(=CF)OC(C)=CF. The summed E-state index contributed by atoms with van der Waals surface area (Å²) >= 11 is 0. The van der Waals surface area contributed by atoms with Gasteiger partial charge in [0.15, 0.2) is 0 Å². The summed E-state index contributed by atoms with van der Waals surface area (Å²) in [7, 11) is 0. The van der Waals surface area contributed by atoms with Gasteiger partial charge in [-0.1, -0.05) is 0 Å². The van der Waals surface area contributed by atoms with Gasteiger partial charge in [0, 0.05) is 0 Å². The lowest BCUT2D eigenvalue weighted by Gasteiger charge is -2.00. The zero-order valence-corrected chi connectivity index (χ0v) is 5.32. The van der Waals surface area contributed by atoms with Gasteiger partial charge < -0.3 is 4.74 Å². The average molecular weight is 134 g/mol. The van der Waals surface area contributed by atoms with Crippen LogP contribution >= 0.6 is 0 Å². The van der Waals surface area contributed by atoms with Crippen molar-refractivity contribution in [1.82, 2.24) is 0 Å². The molecule has 52 valence electrons. The Morgan fingerprint density at radius 1 is 1.11 bits per heavy atom. The second kappa shape index (κ2) is 4.06. The maximum absolute atomic E-state index is 11.4. The molecule has 0 radical (unpaired) electrons. The van der Waals surface area contributed by atoms with Crippen molar-refractivity contribution in [3.63, 3.8) is 0 Å². The van der Waals surface area contributed by atoms with E-state index < -0.39 is 0 Å². The highest BCUT2D eigenvalue weighted by Gasteiger charge is 1.90. The van der Waals surface area contributed by atoms with Crippen LogP contribution in [-0.4, -0.2) is 0 Å². The largest absolute Gasteiger partial charge is 0.462 e. The van der Waals surface area contributed by atoms with E-state index in [0.29, 0.717) is 0 Å². The highest BCUT2D eigenvalue weighted by atomic mass is 19.1. The van der Waals surface area contributed by atoms with Crippen LogP contribution in [0.25, 0.3) is 0 Å². The molecule has 0 aromatic heterocycles. The van der Waals surface area contributed by atoms with Gasteiger partial charge in [-0.2, -0.15) is 0 Å². The molecule has 0 aliphatic carbocycles. The molecule has 0 saturated heterocycles. The number of rotatable bonds is 2. The lowest BCUT2D eigenvalue weighted by atomic mass is 10.6. The van der Waals surface area contributed by atoms with Crippen LogP contribution in [0.15, 0.2) is 24.2 Å². The number of hydrogen-bond acceptors (Lipinski definition) is 1. The molecule has 0 aliphatic rings. The molecule has 9 heavy (non-hydrogen) atoms. The minimum absolute atomic E-state index is 0.0430. The molecule has 0 aliphatic heterocycles. The summed E-state index contributed by atoms with van der Waals surface area (Å²) in [6.45, 7) is 2.79. The summed E-state index contributed by atoms with van der Waals surface area (Å²) in [5, 5.41) is 0. The van der Waals surface area contributed by atoms with Crippen LogP contribution in [0.1, 0.15) is 13.8 Å². The zero-order valence-electron chi connectivity index (χ0n) is 5.32. The summed E-state index contributed by atoms with van der Waals surface area (Å²) in [6.07, 6.45) is 0.542. The second-order valence-corrected chi connectivity index (χ2v) is 1.54. The summed E-state index contributed by atoms with van der Waals surface area (Å²) in [6, 6.07) is 0. The third-order valence-electron chi connectivity index (χ3n) is 0.629. The van der Waals surface area contributed by atoms with E-state index in [0.717, 1.165) is 0 Å². The van der Waals surface area contributed by atoms with Crippen molar-refractivity contribution in [2.45, 2.75) is 13.8 Å². The van der Waals surface area contributed by atoms with E-state index in [-0.39, 0.29) is 24.2 Å². The molecular weight excluding hydrogens is 126 g/mol. The summed E-state index contributed by atoms with van der Waals surface area (Å²) in [4.78, 5) is 0. The molecule has 0 rings (SSSR count). The minimum atomic E-state index is 0.0430. The summed E-state index contributed by atoms with van der Waals surface area (Å²) < 4.78 is 27.4. The molecule has 0 fully saturated rings. The Bertz CT molecular complexity index is 122. The average Bonchev–Trinajstić information content (AvgIpc) is 1.87. The van der Waals surface area contributed by atoms with Crippen molar-refractivity contribution >= 4 is 0 Å². The Kier molecular flexibility index (Phi) is 3.67. The number of ether oxygens (including phenoxy) is 1. The summed E-state index contributed by atoms with van der Waals surface area (Å²) in [5.41, 5.74) is 0. The first-order valence-electron chi connectivity index (χ1n) is 2.42. The van der Waals surface area contributed by atoms with Crippen molar-refractivity contribution in [3.05, 3.63) is 24.2 Å². The quantitative estimate of drug-likeness (QED) is 0.527. The first-order chi connectivity index (χ1) is 4.20. The molecule has 0 aromatic carbocycles. The fourth-order valence-corrected chi connectivity index (χ4v) is 0.298. The Morgan fingerprint density at radius 3 is 1.67 bits per heavy atom. The molecule has 0 saturated carbocycles. The van der Waals surface area contributed by atoms with E-state index in [4.69, 9.17) is 0 Å². The Hall–Kier alpha value is -0.860. The van der Waals surface area contributed by atoms with Crippen molar-refractivity contribution in [2.75, 3.05) is 0 Å². The van der Waals surface area contributed by atoms with Crippen LogP contribution in [0.2, 0.25) is 0 Å². The smallest absolute Gasteiger partial charge is 0.129 e. The lowest BCUT2D eigenvalue weighted by molar-refractivity contribution is 0.292. The zero-order chi connectivity index (χ0) is 7.28. The highest BCUT2D eigenvalue weighted by molar-refractivity contribution is 4.90. The predicted molar refractivity (Wildman–Crippen MR) is 30.8 cm³/mol. The van der Waals surface area contributed by atoms with E-state index in [1.807, 2.05) is 0 Å². The Labute approximate surface area is 52.6 Å². The second-order valence-electron chi connectivity index (χ2n) is 1.54. The van der Waals surface area contributed by atoms with Crippen LogP contribution in [-0.2, 0) is 4.74 Å². The van der Waals surface area contributed by atoms with Crippen LogP contribution in [0.4, 0.5) is 8.78 Å². The molecule has 0 amide bonds. The Morgan fingerprint density at radius 2 is 1.44 bits per heavy atom. The number of hydrogen-bond donors (Lipinski definition) is 0. The fourth-order valence-electron chi connectivity index (χ4n) is 0.298.